The van der Waals surface area contributed by atoms with Crippen LogP contribution < -0.4 is 11.1 Å². The molecule has 7 nitrogen and oxygen atoms in total. The van der Waals surface area contributed by atoms with Gasteiger partial charge in [-0.3, -0.25) is 4.79 Å². The van der Waals surface area contributed by atoms with Gasteiger partial charge in [-0.25, -0.2) is 4.79 Å². The molecule has 112 valence electrons. The Balaban J connectivity index is 2.48. The van der Waals surface area contributed by atoms with Gasteiger partial charge in [-0.1, -0.05) is 0 Å². The van der Waals surface area contributed by atoms with Gasteiger partial charge in [0.15, 0.2) is 6.61 Å². The molecular weight excluding hydrogens is 262 g/mol. The van der Waals surface area contributed by atoms with Crippen LogP contribution in [0, 0.1) is 0 Å². The number of nitrogens with two attached hydrogens (primary N) is 1. The molecule has 0 spiro atoms. The zero-order valence-corrected chi connectivity index (χ0v) is 12.0. The molecule has 0 aliphatic rings. The van der Waals surface area contributed by atoms with E-state index in [0.29, 0.717) is 24.5 Å². The van der Waals surface area contributed by atoms with E-state index in [2.05, 4.69) is 5.32 Å². The van der Waals surface area contributed by atoms with E-state index in [0.717, 1.165) is 0 Å². The van der Waals surface area contributed by atoms with Gasteiger partial charge >= 0.3 is 5.97 Å². The minimum atomic E-state index is -0.571. The molecule has 0 fully saturated rings. The molecule has 1 unspecified atom stereocenters. The lowest BCUT2D eigenvalue weighted by atomic mass is 10.3. The van der Waals surface area contributed by atoms with Gasteiger partial charge in [0.25, 0.3) is 5.91 Å². The highest BCUT2D eigenvalue weighted by molar-refractivity contribution is 5.91. The lowest BCUT2D eigenvalue weighted by Crippen LogP contribution is -2.38. The number of rotatable bonds is 7. The summed E-state index contributed by atoms with van der Waals surface area (Å²) in [6.07, 6.45) is 1.65. The van der Waals surface area contributed by atoms with Gasteiger partial charge in [0.05, 0.1) is 12.3 Å². The summed E-state index contributed by atoms with van der Waals surface area (Å²) in [6.45, 7) is 4.34. The summed E-state index contributed by atoms with van der Waals surface area (Å²) in [4.78, 5) is 23.4. The Hall–Kier alpha value is -2.02. The fraction of sp³-hybridized carbons (Fsp3) is 0.538. The molecule has 0 aromatic carbocycles. The van der Waals surface area contributed by atoms with Crippen molar-refractivity contribution in [3.05, 3.63) is 18.0 Å². The van der Waals surface area contributed by atoms with Gasteiger partial charge in [0.2, 0.25) is 0 Å². The normalized spacial score (nSPS) is 11.9. The number of aryl methyl sites for hydroxylation is 1. The van der Waals surface area contributed by atoms with Crippen molar-refractivity contribution >= 4 is 17.6 Å². The standard InChI is InChI=1S/C13H21N3O4/c1-4-16-6-10(14)5-11(16)13(18)20-8-12(17)15-9(2)7-19-3/h5-6,9H,4,7-8,14H2,1-3H3,(H,15,17). The quantitative estimate of drug-likeness (QED) is 0.706. The predicted molar refractivity (Wildman–Crippen MR) is 74.3 cm³/mol. The smallest absolute Gasteiger partial charge is 0.355 e. The summed E-state index contributed by atoms with van der Waals surface area (Å²) >= 11 is 0. The van der Waals surface area contributed by atoms with E-state index in [9.17, 15) is 9.59 Å². The molecule has 0 aliphatic heterocycles. The first-order valence-corrected chi connectivity index (χ1v) is 6.39. The maximum Gasteiger partial charge on any atom is 0.355 e. The number of hydrogen-bond donors (Lipinski definition) is 2. The number of carbonyl (C=O) groups is 2. The second-order valence-corrected chi connectivity index (χ2v) is 4.44. The molecule has 3 N–H and O–H groups in total. The first-order valence-electron chi connectivity index (χ1n) is 6.39. The zero-order valence-electron chi connectivity index (χ0n) is 12.0. The number of hydrogen-bond acceptors (Lipinski definition) is 5. The highest BCUT2D eigenvalue weighted by Crippen LogP contribution is 2.11. The summed E-state index contributed by atoms with van der Waals surface area (Å²) < 4.78 is 11.5. The molecule has 0 saturated heterocycles. The first-order chi connectivity index (χ1) is 9.47. The number of nitrogen functional groups attached to an aromatic ring is 1. The average Bonchev–Trinajstić information content (AvgIpc) is 2.77. The molecule has 0 aliphatic carbocycles. The highest BCUT2D eigenvalue weighted by atomic mass is 16.5. The third-order valence-electron chi connectivity index (χ3n) is 2.63. The molecule has 0 bridgehead atoms. The maximum absolute atomic E-state index is 11.9. The monoisotopic (exact) mass is 283 g/mol. The van der Waals surface area contributed by atoms with Crippen LogP contribution >= 0.6 is 0 Å². The minimum absolute atomic E-state index is 0.138. The summed E-state index contributed by atoms with van der Waals surface area (Å²) in [7, 11) is 1.55. The van der Waals surface area contributed by atoms with Crippen molar-refractivity contribution in [2.75, 3.05) is 26.1 Å². The molecular formula is C13H21N3O4. The molecule has 20 heavy (non-hydrogen) atoms. The molecule has 1 rings (SSSR count). The van der Waals surface area contributed by atoms with Crippen LogP contribution in [0.5, 0.6) is 0 Å². The summed E-state index contributed by atoms with van der Waals surface area (Å²) in [6, 6.07) is 1.39. The fourth-order valence-corrected chi connectivity index (χ4v) is 1.78. The average molecular weight is 283 g/mol. The van der Waals surface area contributed by atoms with Gasteiger partial charge in [-0.05, 0) is 19.9 Å². The van der Waals surface area contributed by atoms with Crippen LogP contribution in [0.4, 0.5) is 5.69 Å². The Bertz CT molecular complexity index is 470. The second-order valence-electron chi connectivity index (χ2n) is 4.44. The van der Waals surface area contributed by atoms with E-state index in [1.165, 1.54) is 6.07 Å². The number of aromatic nitrogens is 1. The fourth-order valence-electron chi connectivity index (χ4n) is 1.78. The van der Waals surface area contributed by atoms with Crippen molar-refractivity contribution < 1.29 is 19.1 Å². The van der Waals surface area contributed by atoms with Crippen LogP contribution in [0.3, 0.4) is 0 Å². The third kappa shape index (κ3) is 4.58. The first kappa shape index (κ1) is 16.0. The van der Waals surface area contributed by atoms with Gasteiger partial charge in [-0.2, -0.15) is 0 Å². The van der Waals surface area contributed by atoms with Gasteiger partial charge < -0.3 is 25.1 Å². The SMILES string of the molecule is CCn1cc(N)cc1C(=O)OCC(=O)NC(C)COC. The van der Waals surface area contributed by atoms with Gasteiger partial charge in [0.1, 0.15) is 5.69 Å². The number of methoxy groups -OCH3 is 1. The number of nitrogens with zero attached hydrogens (tertiary/aromatic N) is 1. The van der Waals surface area contributed by atoms with E-state index >= 15 is 0 Å². The van der Waals surface area contributed by atoms with E-state index < -0.39 is 5.97 Å². The molecule has 0 radical (unpaired) electrons. The molecule has 1 atom stereocenters. The highest BCUT2D eigenvalue weighted by Gasteiger charge is 2.16. The Morgan fingerprint density at radius 2 is 2.20 bits per heavy atom. The summed E-state index contributed by atoms with van der Waals surface area (Å²) in [5.41, 5.74) is 6.45. The number of nitrogens with one attached hydrogen (secondary N) is 1. The Morgan fingerprint density at radius 1 is 1.50 bits per heavy atom. The molecule has 1 aromatic heterocycles. The van der Waals surface area contributed by atoms with Crippen molar-refractivity contribution in [2.45, 2.75) is 26.4 Å². The maximum atomic E-state index is 11.9. The summed E-state index contributed by atoms with van der Waals surface area (Å²) in [5.74, 6) is -0.941. The van der Waals surface area contributed by atoms with Gasteiger partial charge in [-0.15, -0.1) is 0 Å². The van der Waals surface area contributed by atoms with Crippen molar-refractivity contribution in [1.29, 1.82) is 0 Å². The van der Waals surface area contributed by atoms with E-state index in [-0.39, 0.29) is 18.6 Å². The number of anilines is 1. The molecule has 0 saturated carbocycles. The minimum Gasteiger partial charge on any atom is -0.451 e. The third-order valence-corrected chi connectivity index (χ3v) is 2.63. The Labute approximate surface area is 118 Å². The predicted octanol–water partition coefficient (Wildman–Crippen LogP) is 0.398. The number of amides is 1. The van der Waals surface area contributed by atoms with Crippen LogP contribution in [0.2, 0.25) is 0 Å². The molecule has 1 amide bonds. The van der Waals surface area contributed by atoms with E-state index in [1.807, 2.05) is 6.92 Å². The number of esters is 1. The summed E-state index contributed by atoms with van der Waals surface area (Å²) in [5, 5.41) is 2.65. The second kappa shape index (κ2) is 7.54. The molecule has 7 heteroatoms. The molecule has 1 aromatic rings. The van der Waals surface area contributed by atoms with Crippen LogP contribution in [0.1, 0.15) is 24.3 Å². The van der Waals surface area contributed by atoms with Crippen molar-refractivity contribution in [2.24, 2.45) is 0 Å². The zero-order chi connectivity index (χ0) is 15.1. The van der Waals surface area contributed by atoms with Crippen LogP contribution in [0.15, 0.2) is 12.3 Å². The van der Waals surface area contributed by atoms with E-state index in [1.54, 1.807) is 24.8 Å². The van der Waals surface area contributed by atoms with Crippen LogP contribution in [-0.2, 0) is 20.8 Å². The van der Waals surface area contributed by atoms with Crippen molar-refractivity contribution in [3.63, 3.8) is 0 Å². The number of carbonyl (C=O) groups excluding carboxylic acids is 2. The lowest BCUT2D eigenvalue weighted by Gasteiger charge is -2.13. The Kier molecular flexibility index (Phi) is 6.05. The van der Waals surface area contributed by atoms with Crippen molar-refractivity contribution in [1.82, 2.24) is 9.88 Å². The van der Waals surface area contributed by atoms with E-state index in [4.69, 9.17) is 15.2 Å². The Morgan fingerprint density at radius 3 is 2.80 bits per heavy atom. The van der Waals surface area contributed by atoms with Crippen LogP contribution in [-0.4, -0.2) is 42.8 Å². The lowest BCUT2D eigenvalue weighted by molar-refractivity contribution is -0.125. The van der Waals surface area contributed by atoms with Gasteiger partial charge in [0, 0.05) is 25.9 Å². The van der Waals surface area contributed by atoms with Crippen LogP contribution in [0.25, 0.3) is 0 Å². The molecule has 1 heterocycles. The topological polar surface area (TPSA) is 95.6 Å². The number of ether oxygens (including phenoxy) is 2. The van der Waals surface area contributed by atoms with Crippen molar-refractivity contribution in [3.8, 4) is 0 Å². The largest absolute Gasteiger partial charge is 0.451 e.